The SMILES string of the molecule is CCSC1CCC(NCC(=O)NC(C)COC)C1. The second kappa shape index (κ2) is 8.77. The van der Waals surface area contributed by atoms with Crippen molar-refractivity contribution in [3.05, 3.63) is 0 Å². The zero-order valence-electron chi connectivity index (χ0n) is 11.7. The average Bonchev–Trinajstić information content (AvgIpc) is 2.75. The molecule has 1 aliphatic rings. The van der Waals surface area contributed by atoms with E-state index in [0.717, 1.165) is 5.25 Å². The molecule has 0 aromatic rings. The summed E-state index contributed by atoms with van der Waals surface area (Å²) in [5.41, 5.74) is 0. The van der Waals surface area contributed by atoms with Gasteiger partial charge < -0.3 is 15.4 Å². The van der Waals surface area contributed by atoms with Gasteiger partial charge in [0.2, 0.25) is 5.91 Å². The summed E-state index contributed by atoms with van der Waals surface area (Å²) in [6.07, 6.45) is 3.66. The number of amides is 1. The zero-order chi connectivity index (χ0) is 13.4. The molecule has 0 aromatic carbocycles. The van der Waals surface area contributed by atoms with E-state index < -0.39 is 0 Å². The molecular formula is C13H26N2O2S. The van der Waals surface area contributed by atoms with Crippen LogP contribution >= 0.6 is 11.8 Å². The van der Waals surface area contributed by atoms with Gasteiger partial charge in [-0.15, -0.1) is 0 Å². The Labute approximate surface area is 115 Å². The van der Waals surface area contributed by atoms with Crippen molar-refractivity contribution in [1.29, 1.82) is 0 Å². The Balaban J connectivity index is 2.12. The van der Waals surface area contributed by atoms with Crippen molar-refractivity contribution in [3.8, 4) is 0 Å². The quantitative estimate of drug-likeness (QED) is 0.702. The van der Waals surface area contributed by atoms with Crippen LogP contribution in [0.3, 0.4) is 0 Å². The molecule has 0 heterocycles. The number of carbonyl (C=O) groups excluding carboxylic acids is 1. The summed E-state index contributed by atoms with van der Waals surface area (Å²) in [7, 11) is 1.64. The summed E-state index contributed by atoms with van der Waals surface area (Å²) in [5, 5.41) is 7.04. The average molecular weight is 274 g/mol. The Morgan fingerprint density at radius 1 is 1.50 bits per heavy atom. The lowest BCUT2D eigenvalue weighted by Gasteiger charge is -2.15. The van der Waals surface area contributed by atoms with Gasteiger partial charge >= 0.3 is 0 Å². The largest absolute Gasteiger partial charge is 0.383 e. The molecule has 1 rings (SSSR count). The first-order valence-corrected chi connectivity index (χ1v) is 7.83. The normalized spacial score (nSPS) is 25.1. The standard InChI is InChI=1S/C13H26N2O2S/c1-4-18-12-6-5-11(7-12)14-8-13(16)15-10(2)9-17-3/h10-12,14H,4-9H2,1-3H3,(H,15,16). The maximum absolute atomic E-state index is 11.7. The van der Waals surface area contributed by atoms with Crippen LogP contribution in [0.5, 0.6) is 0 Å². The molecule has 4 nitrogen and oxygen atoms in total. The number of rotatable bonds is 8. The van der Waals surface area contributed by atoms with Crippen molar-refractivity contribution < 1.29 is 9.53 Å². The Morgan fingerprint density at radius 2 is 2.28 bits per heavy atom. The molecule has 106 valence electrons. The molecule has 1 aliphatic carbocycles. The fraction of sp³-hybridized carbons (Fsp3) is 0.923. The van der Waals surface area contributed by atoms with Gasteiger partial charge in [-0.2, -0.15) is 11.8 Å². The van der Waals surface area contributed by atoms with Crippen molar-refractivity contribution in [2.45, 2.75) is 50.4 Å². The van der Waals surface area contributed by atoms with Crippen LogP contribution in [0.1, 0.15) is 33.1 Å². The highest BCUT2D eigenvalue weighted by atomic mass is 32.2. The number of thioether (sulfide) groups is 1. The minimum atomic E-state index is 0.0612. The number of nitrogens with one attached hydrogen (secondary N) is 2. The van der Waals surface area contributed by atoms with Crippen molar-refractivity contribution >= 4 is 17.7 Å². The number of hydrogen-bond acceptors (Lipinski definition) is 4. The minimum absolute atomic E-state index is 0.0612. The predicted molar refractivity (Wildman–Crippen MR) is 77.0 cm³/mol. The van der Waals surface area contributed by atoms with Crippen LogP contribution in [-0.4, -0.2) is 49.3 Å². The smallest absolute Gasteiger partial charge is 0.234 e. The highest BCUT2D eigenvalue weighted by Gasteiger charge is 2.24. The van der Waals surface area contributed by atoms with E-state index in [9.17, 15) is 4.79 Å². The van der Waals surface area contributed by atoms with Gasteiger partial charge in [-0.05, 0) is 31.9 Å². The van der Waals surface area contributed by atoms with Gasteiger partial charge in [0.05, 0.1) is 13.2 Å². The van der Waals surface area contributed by atoms with E-state index in [1.807, 2.05) is 18.7 Å². The maximum Gasteiger partial charge on any atom is 0.234 e. The van der Waals surface area contributed by atoms with Gasteiger partial charge in [-0.1, -0.05) is 6.92 Å². The number of carbonyl (C=O) groups is 1. The van der Waals surface area contributed by atoms with E-state index in [-0.39, 0.29) is 11.9 Å². The highest BCUT2D eigenvalue weighted by molar-refractivity contribution is 7.99. The zero-order valence-corrected chi connectivity index (χ0v) is 12.5. The van der Waals surface area contributed by atoms with Crippen LogP contribution in [0.15, 0.2) is 0 Å². The van der Waals surface area contributed by atoms with Crippen molar-refractivity contribution in [2.75, 3.05) is 26.0 Å². The van der Waals surface area contributed by atoms with Crippen LogP contribution in [0.2, 0.25) is 0 Å². The van der Waals surface area contributed by atoms with Gasteiger partial charge in [0.15, 0.2) is 0 Å². The summed E-state index contributed by atoms with van der Waals surface area (Å²) in [6.45, 7) is 5.13. The van der Waals surface area contributed by atoms with Gasteiger partial charge in [0, 0.05) is 24.4 Å². The van der Waals surface area contributed by atoms with Crippen LogP contribution in [0.25, 0.3) is 0 Å². The van der Waals surface area contributed by atoms with Crippen LogP contribution in [0, 0.1) is 0 Å². The Kier molecular flexibility index (Phi) is 7.70. The molecule has 1 amide bonds. The third-order valence-electron chi connectivity index (χ3n) is 3.16. The molecule has 1 saturated carbocycles. The second-order valence-corrected chi connectivity index (χ2v) is 6.47. The topological polar surface area (TPSA) is 50.4 Å². The van der Waals surface area contributed by atoms with E-state index in [1.165, 1.54) is 25.0 Å². The highest BCUT2D eigenvalue weighted by Crippen LogP contribution is 2.29. The monoisotopic (exact) mass is 274 g/mol. The lowest BCUT2D eigenvalue weighted by Crippen LogP contribution is -2.43. The molecule has 3 atom stereocenters. The molecule has 0 radical (unpaired) electrons. The fourth-order valence-corrected chi connectivity index (χ4v) is 3.51. The van der Waals surface area contributed by atoms with E-state index in [1.54, 1.807) is 7.11 Å². The molecule has 0 saturated heterocycles. The molecule has 18 heavy (non-hydrogen) atoms. The molecule has 1 fully saturated rings. The van der Waals surface area contributed by atoms with Crippen molar-refractivity contribution in [2.24, 2.45) is 0 Å². The summed E-state index contributed by atoms with van der Waals surface area (Å²) in [6, 6.07) is 0.591. The lowest BCUT2D eigenvalue weighted by molar-refractivity contribution is -0.121. The summed E-state index contributed by atoms with van der Waals surface area (Å²) < 4.78 is 4.99. The maximum atomic E-state index is 11.7. The van der Waals surface area contributed by atoms with Gasteiger partial charge in [0.1, 0.15) is 0 Å². The van der Waals surface area contributed by atoms with Crippen LogP contribution < -0.4 is 10.6 Å². The van der Waals surface area contributed by atoms with Gasteiger partial charge in [-0.25, -0.2) is 0 Å². The molecule has 2 N–H and O–H groups in total. The summed E-state index contributed by atoms with van der Waals surface area (Å²) in [4.78, 5) is 11.7. The number of ether oxygens (including phenoxy) is 1. The first kappa shape index (κ1) is 15.8. The van der Waals surface area contributed by atoms with E-state index >= 15 is 0 Å². The Bertz CT molecular complexity index is 251. The second-order valence-electron chi connectivity index (χ2n) is 4.89. The fourth-order valence-electron chi connectivity index (χ4n) is 2.37. The molecule has 0 aliphatic heterocycles. The molecule has 0 spiro atoms. The molecule has 0 bridgehead atoms. The Hall–Kier alpha value is -0.260. The van der Waals surface area contributed by atoms with Gasteiger partial charge in [0.25, 0.3) is 0 Å². The van der Waals surface area contributed by atoms with Crippen LogP contribution in [0.4, 0.5) is 0 Å². The summed E-state index contributed by atoms with van der Waals surface area (Å²) >= 11 is 2.04. The first-order valence-electron chi connectivity index (χ1n) is 6.79. The first-order chi connectivity index (χ1) is 8.65. The van der Waals surface area contributed by atoms with E-state index in [0.29, 0.717) is 19.2 Å². The van der Waals surface area contributed by atoms with Crippen molar-refractivity contribution in [1.82, 2.24) is 10.6 Å². The van der Waals surface area contributed by atoms with E-state index in [4.69, 9.17) is 4.74 Å². The number of methoxy groups -OCH3 is 1. The van der Waals surface area contributed by atoms with Crippen molar-refractivity contribution in [3.63, 3.8) is 0 Å². The lowest BCUT2D eigenvalue weighted by atomic mass is 10.2. The molecule has 0 aromatic heterocycles. The van der Waals surface area contributed by atoms with Gasteiger partial charge in [-0.3, -0.25) is 4.79 Å². The predicted octanol–water partition coefficient (Wildman–Crippen LogP) is 1.40. The number of hydrogen-bond donors (Lipinski definition) is 2. The molecular weight excluding hydrogens is 248 g/mol. The third-order valence-corrected chi connectivity index (χ3v) is 4.40. The summed E-state index contributed by atoms with van der Waals surface area (Å²) in [5.74, 6) is 1.25. The minimum Gasteiger partial charge on any atom is -0.383 e. The van der Waals surface area contributed by atoms with Crippen LogP contribution in [-0.2, 0) is 9.53 Å². The molecule has 5 heteroatoms. The third kappa shape index (κ3) is 6.07. The molecule has 3 unspecified atom stereocenters. The van der Waals surface area contributed by atoms with E-state index in [2.05, 4.69) is 17.6 Å². The Morgan fingerprint density at radius 3 is 2.94 bits per heavy atom.